The second-order valence-electron chi connectivity index (χ2n) is 4.30. The predicted molar refractivity (Wildman–Crippen MR) is 84.3 cm³/mol. The summed E-state index contributed by atoms with van der Waals surface area (Å²) in [6, 6.07) is 3.53. The van der Waals surface area contributed by atoms with Gasteiger partial charge in [-0.05, 0) is 13.0 Å². The number of esters is 1. The van der Waals surface area contributed by atoms with Gasteiger partial charge in [-0.25, -0.2) is 9.78 Å². The highest BCUT2D eigenvalue weighted by molar-refractivity contribution is 7.17. The molecule has 0 aliphatic rings. The van der Waals surface area contributed by atoms with Gasteiger partial charge in [-0.1, -0.05) is 22.9 Å². The second-order valence-corrected chi connectivity index (χ2v) is 5.71. The minimum absolute atomic E-state index is 0.0617. The number of ether oxygens (including phenoxy) is 1. The molecule has 1 heterocycles. The molecule has 0 bridgehead atoms. The molecule has 0 aliphatic heterocycles. The quantitative estimate of drug-likeness (QED) is 0.512. The number of amides is 1. The van der Waals surface area contributed by atoms with Crippen molar-refractivity contribution in [2.75, 3.05) is 12.4 Å². The largest absolute Gasteiger partial charge is 0.465 e. The van der Waals surface area contributed by atoms with Gasteiger partial charge in [0.25, 0.3) is 11.6 Å². The molecule has 2 rings (SSSR count). The van der Waals surface area contributed by atoms with Crippen molar-refractivity contribution < 1.29 is 19.2 Å². The number of methoxy groups -OCH3 is 1. The summed E-state index contributed by atoms with van der Waals surface area (Å²) in [4.78, 5) is 38.2. The van der Waals surface area contributed by atoms with Crippen LogP contribution in [0.1, 0.15) is 25.7 Å². The lowest BCUT2D eigenvalue weighted by molar-refractivity contribution is -0.384. The number of nitro benzene ring substituents is 1. The van der Waals surface area contributed by atoms with Crippen LogP contribution >= 0.6 is 22.9 Å². The Balaban J connectivity index is 2.28. The van der Waals surface area contributed by atoms with E-state index >= 15 is 0 Å². The van der Waals surface area contributed by atoms with Crippen molar-refractivity contribution in [2.24, 2.45) is 0 Å². The van der Waals surface area contributed by atoms with Gasteiger partial charge in [-0.15, -0.1) is 0 Å². The van der Waals surface area contributed by atoms with Gasteiger partial charge in [0, 0.05) is 12.1 Å². The van der Waals surface area contributed by atoms with E-state index in [1.165, 1.54) is 19.2 Å². The lowest BCUT2D eigenvalue weighted by Gasteiger charge is -2.03. The first-order chi connectivity index (χ1) is 10.8. The lowest BCUT2D eigenvalue weighted by atomic mass is 10.2. The van der Waals surface area contributed by atoms with Crippen LogP contribution in [0.25, 0.3) is 0 Å². The number of nitro groups is 1. The van der Waals surface area contributed by atoms with E-state index in [-0.39, 0.29) is 26.3 Å². The van der Waals surface area contributed by atoms with E-state index in [4.69, 9.17) is 11.6 Å². The summed E-state index contributed by atoms with van der Waals surface area (Å²) in [6.07, 6.45) is 0. The van der Waals surface area contributed by atoms with E-state index in [2.05, 4.69) is 15.0 Å². The number of aryl methyl sites for hydroxylation is 1. The third-order valence-corrected chi connectivity index (χ3v) is 4.18. The number of aromatic nitrogens is 1. The molecule has 0 fully saturated rings. The van der Waals surface area contributed by atoms with Crippen LogP contribution in [0.3, 0.4) is 0 Å². The van der Waals surface area contributed by atoms with Crippen LogP contribution in [0.2, 0.25) is 5.02 Å². The number of non-ortho nitro benzene ring substituents is 1. The first-order valence-corrected chi connectivity index (χ1v) is 7.34. The van der Waals surface area contributed by atoms with Gasteiger partial charge in [0.1, 0.15) is 4.88 Å². The first kappa shape index (κ1) is 16.8. The van der Waals surface area contributed by atoms with Crippen molar-refractivity contribution in [3.63, 3.8) is 0 Å². The maximum atomic E-state index is 12.2. The Kier molecular flexibility index (Phi) is 4.92. The number of hydrogen-bond donors (Lipinski definition) is 1. The molecule has 8 nitrogen and oxygen atoms in total. The number of hydrogen-bond acceptors (Lipinski definition) is 7. The summed E-state index contributed by atoms with van der Waals surface area (Å²) < 4.78 is 4.60. The van der Waals surface area contributed by atoms with Crippen molar-refractivity contribution in [3.05, 3.63) is 49.5 Å². The van der Waals surface area contributed by atoms with Crippen molar-refractivity contribution in [2.45, 2.75) is 6.92 Å². The number of rotatable bonds is 4. The molecule has 1 amide bonds. The van der Waals surface area contributed by atoms with Crippen molar-refractivity contribution in [1.29, 1.82) is 0 Å². The van der Waals surface area contributed by atoms with Gasteiger partial charge in [-0.3, -0.25) is 20.2 Å². The standard InChI is InChI=1S/C13H10ClN3O5S/c1-6-10(12(19)22-2)23-13(15-6)16-11(18)8-5-7(17(20)21)3-4-9(8)14/h3-5H,1-2H3,(H,15,16,18). The third-order valence-electron chi connectivity index (χ3n) is 2.79. The van der Waals surface area contributed by atoms with Crippen LogP contribution in [0.5, 0.6) is 0 Å². The molecule has 1 N–H and O–H groups in total. The lowest BCUT2D eigenvalue weighted by Crippen LogP contribution is -2.12. The van der Waals surface area contributed by atoms with Crippen LogP contribution in [-0.2, 0) is 4.74 Å². The molecule has 23 heavy (non-hydrogen) atoms. The average molecular weight is 356 g/mol. The summed E-state index contributed by atoms with van der Waals surface area (Å²) in [7, 11) is 1.24. The molecule has 1 aromatic heterocycles. The zero-order chi connectivity index (χ0) is 17.1. The summed E-state index contributed by atoms with van der Waals surface area (Å²) in [6.45, 7) is 1.60. The van der Waals surface area contributed by atoms with Crippen molar-refractivity contribution in [3.8, 4) is 0 Å². The van der Waals surface area contributed by atoms with E-state index in [9.17, 15) is 19.7 Å². The first-order valence-electron chi connectivity index (χ1n) is 6.14. The molecule has 120 valence electrons. The Morgan fingerprint density at radius 1 is 1.43 bits per heavy atom. The molecule has 0 aliphatic carbocycles. The molecule has 0 atom stereocenters. The maximum Gasteiger partial charge on any atom is 0.350 e. The molecular weight excluding hydrogens is 346 g/mol. The minimum atomic E-state index is -0.663. The van der Waals surface area contributed by atoms with E-state index < -0.39 is 16.8 Å². The Labute approximate surface area is 139 Å². The highest BCUT2D eigenvalue weighted by Gasteiger charge is 2.20. The van der Waals surface area contributed by atoms with Crippen molar-refractivity contribution in [1.82, 2.24) is 4.98 Å². The summed E-state index contributed by atoms with van der Waals surface area (Å²) in [5, 5.41) is 13.5. The highest BCUT2D eigenvalue weighted by atomic mass is 35.5. The van der Waals surface area contributed by atoms with Gasteiger partial charge in [0.15, 0.2) is 5.13 Å². The number of halogens is 1. The fraction of sp³-hybridized carbons (Fsp3) is 0.154. The van der Waals surface area contributed by atoms with E-state index in [0.29, 0.717) is 5.69 Å². The zero-order valence-corrected chi connectivity index (χ0v) is 13.5. The molecule has 2 aromatic rings. The Hall–Kier alpha value is -2.52. The maximum absolute atomic E-state index is 12.2. The Bertz CT molecular complexity index is 805. The topological polar surface area (TPSA) is 111 Å². The monoisotopic (exact) mass is 355 g/mol. The highest BCUT2D eigenvalue weighted by Crippen LogP contribution is 2.26. The SMILES string of the molecule is COC(=O)c1sc(NC(=O)c2cc([N+](=O)[O-])ccc2Cl)nc1C. The third kappa shape index (κ3) is 3.63. The number of benzene rings is 1. The number of carbonyl (C=O) groups is 2. The number of nitrogens with zero attached hydrogens (tertiary/aromatic N) is 2. The molecular formula is C13H10ClN3O5S. The average Bonchev–Trinajstić information content (AvgIpc) is 2.87. The zero-order valence-electron chi connectivity index (χ0n) is 12.0. The molecule has 10 heteroatoms. The number of carbonyl (C=O) groups excluding carboxylic acids is 2. The van der Waals surface area contributed by atoms with Crippen LogP contribution in [0, 0.1) is 17.0 Å². The van der Waals surface area contributed by atoms with Crippen LogP contribution < -0.4 is 5.32 Å². The Morgan fingerprint density at radius 2 is 2.13 bits per heavy atom. The van der Waals surface area contributed by atoms with Gasteiger partial charge >= 0.3 is 5.97 Å². The molecule has 0 unspecified atom stereocenters. The van der Waals surface area contributed by atoms with Crippen LogP contribution in [0.4, 0.5) is 10.8 Å². The minimum Gasteiger partial charge on any atom is -0.465 e. The van der Waals surface area contributed by atoms with Gasteiger partial charge in [-0.2, -0.15) is 0 Å². The number of nitrogens with one attached hydrogen (secondary N) is 1. The predicted octanol–water partition coefficient (Wildman–Crippen LogP) is 3.05. The fourth-order valence-corrected chi connectivity index (χ4v) is 2.78. The number of thiazole rings is 1. The normalized spacial score (nSPS) is 10.2. The van der Waals surface area contributed by atoms with Crippen molar-refractivity contribution >= 4 is 45.6 Å². The summed E-state index contributed by atoms with van der Waals surface area (Å²) in [5.41, 5.74) is 0.0840. The van der Waals surface area contributed by atoms with Crippen LogP contribution in [-0.4, -0.2) is 28.9 Å². The van der Waals surface area contributed by atoms with E-state index in [1.54, 1.807) is 6.92 Å². The van der Waals surface area contributed by atoms with E-state index in [0.717, 1.165) is 17.4 Å². The van der Waals surface area contributed by atoms with Gasteiger partial charge in [0.05, 0.1) is 28.3 Å². The van der Waals surface area contributed by atoms with Gasteiger partial charge in [0.2, 0.25) is 0 Å². The number of anilines is 1. The van der Waals surface area contributed by atoms with Crippen LogP contribution in [0.15, 0.2) is 18.2 Å². The smallest absolute Gasteiger partial charge is 0.350 e. The van der Waals surface area contributed by atoms with E-state index in [1.807, 2.05) is 0 Å². The Morgan fingerprint density at radius 3 is 2.74 bits per heavy atom. The molecule has 0 saturated carbocycles. The molecule has 1 aromatic carbocycles. The summed E-state index contributed by atoms with van der Waals surface area (Å²) >= 11 is 6.83. The second kappa shape index (κ2) is 6.71. The molecule has 0 saturated heterocycles. The summed E-state index contributed by atoms with van der Waals surface area (Å²) in [5.74, 6) is -1.22. The fourth-order valence-electron chi connectivity index (χ4n) is 1.70. The molecule has 0 spiro atoms. The molecule has 0 radical (unpaired) electrons. The van der Waals surface area contributed by atoms with Gasteiger partial charge < -0.3 is 4.74 Å².